The van der Waals surface area contributed by atoms with Gasteiger partial charge in [0.25, 0.3) is 0 Å². The summed E-state index contributed by atoms with van der Waals surface area (Å²) in [5.41, 5.74) is -0.0131. The smallest absolute Gasteiger partial charge is 0.391 e. The lowest BCUT2D eigenvalue weighted by Crippen LogP contribution is -2.42. The van der Waals surface area contributed by atoms with Crippen LogP contribution in [0, 0.1) is 5.92 Å². The van der Waals surface area contributed by atoms with Gasteiger partial charge in [0.05, 0.1) is 5.92 Å². The number of nitrogens with zero attached hydrogens (tertiary/aromatic N) is 1. The number of amides is 1. The van der Waals surface area contributed by atoms with Gasteiger partial charge >= 0.3 is 12.1 Å². The summed E-state index contributed by atoms with van der Waals surface area (Å²) in [5, 5.41) is 8.77. The maximum atomic E-state index is 12.5. The van der Waals surface area contributed by atoms with E-state index in [4.69, 9.17) is 5.11 Å². The Labute approximate surface area is 108 Å². The van der Waals surface area contributed by atoms with Gasteiger partial charge in [0.15, 0.2) is 0 Å². The van der Waals surface area contributed by atoms with Gasteiger partial charge in [-0.05, 0) is 26.7 Å². The fraction of sp³-hybridized carbons (Fsp3) is 0.667. The molecule has 1 rings (SSSR count). The Kier molecular flexibility index (Phi) is 4.60. The highest BCUT2D eigenvalue weighted by Gasteiger charge is 2.41. The predicted octanol–water partition coefficient (Wildman–Crippen LogP) is 2.21. The summed E-state index contributed by atoms with van der Waals surface area (Å²) in [7, 11) is 0. The van der Waals surface area contributed by atoms with Gasteiger partial charge in [-0.25, -0.2) is 4.79 Å². The number of carbonyl (C=O) groups excluding carboxylic acids is 1. The van der Waals surface area contributed by atoms with Gasteiger partial charge in [-0.3, -0.25) is 4.79 Å². The molecule has 1 amide bonds. The number of hydrogen-bond acceptors (Lipinski definition) is 2. The molecule has 0 aliphatic carbocycles. The van der Waals surface area contributed by atoms with E-state index < -0.39 is 24.0 Å². The Morgan fingerprint density at radius 1 is 1.11 bits per heavy atom. The van der Waals surface area contributed by atoms with E-state index in [2.05, 4.69) is 0 Å². The van der Waals surface area contributed by atoms with Crippen LogP contribution in [0.25, 0.3) is 0 Å². The van der Waals surface area contributed by atoms with Crippen LogP contribution in [-0.4, -0.2) is 41.1 Å². The molecular weight excluding hydrogens is 263 g/mol. The van der Waals surface area contributed by atoms with Crippen LogP contribution in [0.4, 0.5) is 13.2 Å². The van der Waals surface area contributed by atoms with Crippen molar-refractivity contribution >= 4 is 11.9 Å². The summed E-state index contributed by atoms with van der Waals surface area (Å²) < 4.78 is 37.4. The summed E-state index contributed by atoms with van der Waals surface area (Å²) in [4.78, 5) is 23.9. The Bertz CT molecular complexity index is 407. The fourth-order valence-electron chi connectivity index (χ4n) is 1.97. The standard InChI is InChI=1S/C12H16F3NO3/c1-7(8(2)11(18)19)10(17)16-5-3-9(4-6-16)12(13,14)15/h9H,3-6H2,1-2H3,(H,18,19). The van der Waals surface area contributed by atoms with Crippen molar-refractivity contribution in [3.8, 4) is 0 Å². The minimum absolute atomic E-state index is 0.00719. The first kappa shape index (κ1) is 15.5. The molecule has 1 heterocycles. The number of piperidine rings is 1. The molecular formula is C12H16F3NO3. The van der Waals surface area contributed by atoms with Crippen LogP contribution in [0.3, 0.4) is 0 Å². The van der Waals surface area contributed by atoms with Crippen molar-refractivity contribution < 1.29 is 27.9 Å². The maximum Gasteiger partial charge on any atom is 0.391 e. The molecule has 4 nitrogen and oxygen atoms in total. The van der Waals surface area contributed by atoms with E-state index in [-0.39, 0.29) is 37.1 Å². The number of halogens is 3. The molecule has 1 fully saturated rings. The monoisotopic (exact) mass is 279 g/mol. The quantitative estimate of drug-likeness (QED) is 0.788. The first-order chi connectivity index (χ1) is 8.64. The number of carboxylic acid groups (broad SMARTS) is 1. The normalized spacial score (nSPS) is 19.1. The fourth-order valence-corrected chi connectivity index (χ4v) is 1.97. The Morgan fingerprint density at radius 2 is 1.58 bits per heavy atom. The van der Waals surface area contributed by atoms with Gasteiger partial charge in [0.1, 0.15) is 0 Å². The van der Waals surface area contributed by atoms with Crippen molar-refractivity contribution in [3.63, 3.8) is 0 Å². The number of carbonyl (C=O) groups is 2. The van der Waals surface area contributed by atoms with Crippen molar-refractivity contribution in [3.05, 3.63) is 11.1 Å². The number of aliphatic carboxylic acids is 1. The average Bonchev–Trinajstić information content (AvgIpc) is 2.35. The van der Waals surface area contributed by atoms with E-state index in [1.807, 2.05) is 0 Å². The highest BCUT2D eigenvalue weighted by Crippen LogP contribution is 2.34. The lowest BCUT2D eigenvalue weighted by atomic mass is 9.95. The summed E-state index contributed by atoms with van der Waals surface area (Å²) in [6, 6.07) is 0. The second-order valence-corrected chi connectivity index (χ2v) is 4.66. The largest absolute Gasteiger partial charge is 0.478 e. The van der Waals surface area contributed by atoms with Crippen molar-refractivity contribution in [2.24, 2.45) is 5.92 Å². The first-order valence-corrected chi connectivity index (χ1v) is 5.91. The van der Waals surface area contributed by atoms with E-state index >= 15 is 0 Å². The molecule has 108 valence electrons. The molecule has 0 aromatic heterocycles. The number of alkyl halides is 3. The zero-order valence-electron chi connectivity index (χ0n) is 10.8. The number of hydrogen-bond donors (Lipinski definition) is 1. The van der Waals surface area contributed by atoms with Gasteiger partial charge in [-0.1, -0.05) is 0 Å². The molecule has 0 atom stereocenters. The van der Waals surface area contributed by atoms with Crippen molar-refractivity contribution in [1.82, 2.24) is 4.90 Å². The molecule has 0 aromatic rings. The zero-order chi connectivity index (χ0) is 14.8. The summed E-state index contributed by atoms with van der Waals surface area (Å²) in [6.07, 6.45) is -4.49. The molecule has 1 saturated heterocycles. The van der Waals surface area contributed by atoms with Crippen molar-refractivity contribution in [2.75, 3.05) is 13.1 Å². The molecule has 0 radical (unpaired) electrons. The van der Waals surface area contributed by atoms with E-state index in [1.54, 1.807) is 0 Å². The van der Waals surface area contributed by atoms with Gasteiger partial charge in [0, 0.05) is 24.2 Å². The Hall–Kier alpha value is -1.53. The van der Waals surface area contributed by atoms with E-state index in [1.165, 1.54) is 18.7 Å². The lowest BCUT2D eigenvalue weighted by Gasteiger charge is -2.33. The second-order valence-electron chi connectivity index (χ2n) is 4.66. The Balaban J connectivity index is 2.69. The molecule has 1 aliphatic heterocycles. The molecule has 0 unspecified atom stereocenters. The van der Waals surface area contributed by atoms with Crippen molar-refractivity contribution in [2.45, 2.75) is 32.9 Å². The van der Waals surface area contributed by atoms with Gasteiger partial charge in [-0.2, -0.15) is 13.2 Å². The van der Waals surface area contributed by atoms with Crippen LogP contribution < -0.4 is 0 Å². The third kappa shape index (κ3) is 3.71. The molecule has 1 N–H and O–H groups in total. The molecule has 19 heavy (non-hydrogen) atoms. The van der Waals surface area contributed by atoms with Crippen LogP contribution in [0.2, 0.25) is 0 Å². The number of carboxylic acids is 1. The van der Waals surface area contributed by atoms with Gasteiger partial charge in [-0.15, -0.1) is 0 Å². The SMILES string of the molecule is CC(C(=O)O)=C(C)C(=O)N1CCC(C(F)(F)F)CC1. The van der Waals surface area contributed by atoms with Crippen LogP contribution in [0.1, 0.15) is 26.7 Å². The summed E-state index contributed by atoms with van der Waals surface area (Å²) in [6.45, 7) is 2.69. The van der Waals surface area contributed by atoms with Crippen molar-refractivity contribution in [1.29, 1.82) is 0 Å². The summed E-state index contributed by atoms with van der Waals surface area (Å²) in [5.74, 6) is -3.07. The topological polar surface area (TPSA) is 57.6 Å². The molecule has 1 aliphatic rings. The van der Waals surface area contributed by atoms with Crippen LogP contribution in [0.5, 0.6) is 0 Å². The van der Waals surface area contributed by atoms with Crippen LogP contribution >= 0.6 is 0 Å². The molecule has 0 spiro atoms. The lowest BCUT2D eigenvalue weighted by molar-refractivity contribution is -0.186. The minimum Gasteiger partial charge on any atom is -0.478 e. The van der Waals surface area contributed by atoms with Gasteiger partial charge < -0.3 is 10.0 Å². The van der Waals surface area contributed by atoms with E-state index in [9.17, 15) is 22.8 Å². The summed E-state index contributed by atoms with van der Waals surface area (Å²) >= 11 is 0. The number of likely N-dealkylation sites (tertiary alicyclic amines) is 1. The molecule has 0 aromatic carbocycles. The number of rotatable bonds is 2. The second kappa shape index (κ2) is 5.63. The average molecular weight is 279 g/mol. The predicted molar refractivity (Wildman–Crippen MR) is 61.4 cm³/mol. The van der Waals surface area contributed by atoms with E-state index in [0.29, 0.717) is 0 Å². The zero-order valence-corrected chi connectivity index (χ0v) is 10.8. The van der Waals surface area contributed by atoms with E-state index in [0.717, 1.165) is 0 Å². The van der Waals surface area contributed by atoms with Crippen LogP contribution in [-0.2, 0) is 9.59 Å². The molecule has 0 bridgehead atoms. The third-order valence-electron chi connectivity index (χ3n) is 3.45. The Morgan fingerprint density at radius 3 is 1.95 bits per heavy atom. The molecule has 7 heteroatoms. The third-order valence-corrected chi connectivity index (χ3v) is 3.45. The van der Waals surface area contributed by atoms with Crippen LogP contribution in [0.15, 0.2) is 11.1 Å². The highest BCUT2D eigenvalue weighted by molar-refractivity contribution is 6.01. The van der Waals surface area contributed by atoms with Gasteiger partial charge in [0.2, 0.25) is 5.91 Å². The first-order valence-electron chi connectivity index (χ1n) is 5.91. The minimum atomic E-state index is -4.23. The molecule has 0 saturated carbocycles. The maximum absolute atomic E-state index is 12.5. The highest BCUT2D eigenvalue weighted by atomic mass is 19.4.